The van der Waals surface area contributed by atoms with Crippen LogP contribution in [0.15, 0.2) is 121 Å². The number of nitrogens with one attached hydrogen (secondary N) is 1. The van der Waals surface area contributed by atoms with Gasteiger partial charge in [-0.25, -0.2) is 0 Å². The van der Waals surface area contributed by atoms with Crippen LogP contribution in [0.25, 0.3) is 57.0 Å². The second-order valence-electron chi connectivity index (χ2n) is 10.5. The van der Waals surface area contributed by atoms with E-state index in [1.165, 1.54) is 73.9 Å². The molecule has 1 N–H and O–H groups in total. The number of hydrogen-bond donors (Lipinski definition) is 1. The molecular formula is C36H23NS2. The molecule has 7 aromatic rings. The van der Waals surface area contributed by atoms with Gasteiger partial charge in [0, 0.05) is 51.9 Å². The van der Waals surface area contributed by atoms with Crippen molar-refractivity contribution in [1.82, 2.24) is 0 Å². The lowest BCUT2D eigenvalue weighted by Gasteiger charge is -2.20. The van der Waals surface area contributed by atoms with Crippen molar-refractivity contribution in [3.05, 3.63) is 132 Å². The van der Waals surface area contributed by atoms with E-state index >= 15 is 0 Å². The zero-order valence-electron chi connectivity index (χ0n) is 21.0. The SMILES string of the molecule is C1=CC2Nc3ccc(-c4cccc5c4sc4ccccc45)cc3C2C=C1c1cccc2c1sc1ccccc12. The summed E-state index contributed by atoms with van der Waals surface area (Å²) in [6.45, 7) is 0. The van der Waals surface area contributed by atoms with E-state index in [0.29, 0.717) is 12.0 Å². The van der Waals surface area contributed by atoms with Gasteiger partial charge in [0.05, 0.1) is 6.04 Å². The molecule has 184 valence electrons. The fourth-order valence-electron chi connectivity index (χ4n) is 6.55. The maximum absolute atomic E-state index is 3.78. The number of anilines is 1. The van der Waals surface area contributed by atoms with Gasteiger partial charge in [-0.2, -0.15) is 0 Å². The van der Waals surface area contributed by atoms with Crippen LogP contribution in [0.2, 0.25) is 0 Å². The fraction of sp³-hybridized carbons (Fsp3) is 0.0556. The van der Waals surface area contributed by atoms with Crippen molar-refractivity contribution in [3.8, 4) is 11.1 Å². The molecule has 2 aliphatic rings. The molecule has 0 spiro atoms. The van der Waals surface area contributed by atoms with Crippen LogP contribution in [0, 0.1) is 0 Å². The number of benzene rings is 5. The Kier molecular flexibility index (Phi) is 4.54. The zero-order chi connectivity index (χ0) is 25.5. The van der Waals surface area contributed by atoms with Gasteiger partial charge in [0.25, 0.3) is 0 Å². The quantitative estimate of drug-likeness (QED) is 0.233. The van der Waals surface area contributed by atoms with Crippen molar-refractivity contribution >= 4 is 74.3 Å². The highest BCUT2D eigenvalue weighted by molar-refractivity contribution is 7.26. The number of allylic oxidation sites excluding steroid dienone is 2. The molecule has 2 aromatic heterocycles. The van der Waals surface area contributed by atoms with Gasteiger partial charge in [-0.1, -0.05) is 97.1 Å². The Hall–Kier alpha value is -4.18. The number of rotatable bonds is 2. The first-order valence-corrected chi connectivity index (χ1v) is 15.1. The molecule has 0 fully saturated rings. The maximum Gasteiger partial charge on any atom is 0.0552 e. The van der Waals surface area contributed by atoms with Crippen LogP contribution < -0.4 is 5.32 Å². The highest BCUT2D eigenvalue weighted by Crippen LogP contribution is 2.47. The van der Waals surface area contributed by atoms with Gasteiger partial charge in [0.15, 0.2) is 0 Å². The summed E-state index contributed by atoms with van der Waals surface area (Å²) in [6.07, 6.45) is 7.17. The first kappa shape index (κ1) is 21.7. The summed E-state index contributed by atoms with van der Waals surface area (Å²) in [5, 5.41) is 9.19. The van der Waals surface area contributed by atoms with Gasteiger partial charge < -0.3 is 5.32 Å². The number of fused-ring (bicyclic) bond motifs is 9. The van der Waals surface area contributed by atoms with Crippen LogP contribution in [0.5, 0.6) is 0 Å². The molecule has 0 bridgehead atoms. The third kappa shape index (κ3) is 3.18. The lowest BCUT2D eigenvalue weighted by molar-refractivity contribution is 0.808. The molecular weight excluding hydrogens is 511 g/mol. The van der Waals surface area contributed by atoms with Gasteiger partial charge >= 0.3 is 0 Å². The van der Waals surface area contributed by atoms with Crippen molar-refractivity contribution in [2.45, 2.75) is 12.0 Å². The molecule has 2 unspecified atom stereocenters. The summed E-state index contributed by atoms with van der Waals surface area (Å²) in [5.74, 6) is 0.311. The minimum absolute atomic E-state index is 0.292. The van der Waals surface area contributed by atoms with Crippen LogP contribution in [0.3, 0.4) is 0 Å². The molecule has 1 aliphatic heterocycles. The van der Waals surface area contributed by atoms with Gasteiger partial charge in [0.1, 0.15) is 0 Å². The molecule has 3 heteroatoms. The van der Waals surface area contributed by atoms with E-state index < -0.39 is 0 Å². The molecule has 5 aromatic carbocycles. The largest absolute Gasteiger partial charge is 0.378 e. The van der Waals surface area contributed by atoms with E-state index in [1.807, 2.05) is 22.7 Å². The van der Waals surface area contributed by atoms with E-state index in [4.69, 9.17) is 0 Å². The Bertz CT molecular complexity index is 2170. The highest BCUT2D eigenvalue weighted by Gasteiger charge is 2.32. The van der Waals surface area contributed by atoms with Crippen LogP contribution in [0.4, 0.5) is 5.69 Å². The van der Waals surface area contributed by atoms with E-state index in [0.717, 1.165) is 0 Å². The van der Waals surface area contributed by atoms with Crippen LogP contribution in [-0.4, -0.2) is 6.04 Å². The van der Waals surface area contributed by atoms with Crippen molar-refractivity contribution in [1.29, 1.82) is 0 Å². The molecule has 1 nitrogen and oxygen atoms in total. The molecule has 0 saturated heterocycles. The van der Waals surface area contributed by atoms with Crippen LogP contribution in [0.1, 0.15) is 17.0 Å². The van der Waals surface area contributed by atoms with Gasteiger partial charge in [0.2, 0.25) is 0 Å². The van der Waals surface area contributed by atoms with Crippen molar-refractivity contribution in [3.63, 3.8) is 0 Å². The molecule has 3 heterocycles. The average molecular weight is 534 g/mol. The topological polar surface area (TPSA) is 12.0 Å². The highest BCUT2D eigenvalue weighted by atomic mass is 32.1. The third-order valence-corrected chi connectivity index (χ3v) is 10.8. The molecule has 39 heavy (non-hydrogen) atoms. The average Bonchev–Trinajstić information content (AvgIpc) is 3.67. The molecule has 1 aliphatic carbocycles. The molecule has 2 atom stereocenters. The summed E-state index contributed by atoms with van der Waals surface area (Å²) in [4.78, 5) is 0. The first-order chi connectivity index (χ1) is 19.3. The van der Waals surface area contributed by atoms with Crippen molar-refractivity contribution < 1.29 is 0 Å². The normalized spacial score (nSPS) is 18.0. The summed E-state index contributed by atoms with van der Waals surface area (Å²) in [7, 11) is 0. The van der Waals surface area contributed by atoms with Gasteiger partial charge in [-0.05, 0) is 52.1 Å². The van der Waals surface area contributed by atoms with Gasteiger partial charge in [-0.3, -0.25) is 0 Å². The van der Waals surface area contributed by atoms with E-state index in [-0.39, 0.29) is 0 Å². The van der Waals surface area contributed by atoms with Crippen LogP contribution in [-0.2, 0) is 0 Å². The lowest BCUT2D eigenvalue weighted by Crippen LogP contribution is -2.18. The predicted molar refractivity (Wildman–Crippen MR) is 171 cm³/mol. The molecule has 0 amide bonds. The summed E-state index contributed by atoms with van der Waals surface area (Å²) in [6, 6.07) is 38.3. The Morgan fingerprint density at radius 1 is 0.590 bits per heavy atom. The lowest BCUT2D eigenvalue weighted by atomic mass is 9.85. The maximum atomic E-state index is 3.78. The smallest absolute Gasteiger partial charge is 0.0552 e. The van der Waals surface area contributed by atoms with Crippen molar-refractivity contribution in [2.24, 2.45) is 0 Å². The van der Waals surface area contributed by atoms with E-state index in [2.05, 4.69) is 127 Å². The third-order valence-electron chi connectivity index (χ3n) is 8.39. The Morgan fingerprint density at radius 3 is 1.97 bits per heavy atom. The standard InChI is InChI=1S/C36H23NS2/c1-3-13-33-25(7-1)27-11-5-9-23(35(27)38-33)21-15-17-31-29(19-21)30-20-22(16-18-32(30)37-31)24-10-6-12-28-26-8-2-4-14-34(26)39-36(24)28/h1-20,29,31,37H. The van der Waals surface area contributed by atoms with Crippen molar-refractivity contribution in [2.75, 3.05) is 5.32 Å². The second kappa shape index (κ2) is 8.16. The summed E-state index contributed by atoms with van der Waals surface area (Å²) < 4.78 is 5.45. The second-order valence-corrected chi connectivity index (χ2v) is 12.6. The van der Waals surface area contributed by atoms with E-state index in [9.17, 15) is 0 Å². The minimum atomic E-state index is 0.292. The monoisotopic (exact) mass is 533 g/mol. The van der Waals surface area contributed by atoms with Crippen LogP contribution >= 0.6 is 22.7 Å². The first-order valence-electron chi connectivity index (χ1n) is 13.4. The Balaban J connectivity index is 1.17. The Labute approximate surface area is 234 Å². The summed E-state index contributed by atoms with van der Waals surface area (Å²) >= 11 is 3.81. The molecule has 0 radical (unpaired) electrons. The Morgan fingerprint density at radius 2 is 1.23 bits per heavy atom. The predicted octanol–water partition coefficient (Wildman–Crippen LogP) is 10.6. The van der Waals surface area contributed by atoms with Gasteiger partial charge in [-0.15, -0.1) is 22.7 Å². The molecule has 9 rings (SSSR count). The minimum Gasteiger partial charge on any atom is -0.378 e. The number of thiophene rings is 2. The fourth-order valence-corrected chi connectivity index (χ4v) is 9.02. The zero-order valence-corrected chi connectivity index (χ0v) is 22.7. The van der Waals surface area contributed by atoms with E-state index in [1.54, 1.807) is 0 Å². The molecule has 0 saturated carbocycles. The summed E-state index contributed by atoms with van der Waals surface area (Å²) in [5.41, 5.74) is 7.92. The number of hydrogen-bond acceptors (Lipinski definition) is 3.